The van der Waals surface area contributed by atoms with E-state index < -0.39 is 0 Å². The van der Waals surface area contributed by atoms with Crippen molar-refractivity contribution in [1.29, 1.82) is 0 Å². The molecule has 0 unspecified atom stereocenters. The second kappa shape index (κ2) is 7.81. The number of hydrogen-bond donors (Lipinski definition) is 0. The summed E-state index contributed by atoms with van der Waals surface area (Å²) in [6, 6.07) is 43.2. The van der Waals surface area contributed by atoms with Gasteiger partial charge in [-0.25, -0.2) is 0 Å². The lowest BCUT2D eigenvalue weighted by Crippen LogP contribution is -1.94. The van der Waals surface area contributed by atoms with E-state index in [9.17, 15) is 0 Å². The second-order valence-electron chi connectivity index (χ2n) is 7.98. The molecule has 0 fully saturated rings. The van der Waals surface area contributed by atoms with Crippen LogP contribution in [-0.2, 0) is 0 Å². The lowest BCUT2D eigenvalue weighted by Gasteiger charge is -2.11. The minimum Gasteiger partial charge on any atom is -0.309 e. The molecule has 0 aliphatic carbocycles. The topological polar surface area (TPSA) is 4.93 Å². The number of aromatic nitrogens is 1. The molecule has 0 N–H and O–H groups in total. The fraction of sp³-hybridized carbons (Fsp3) is 0. The van der Waals surface area contributed by atoms with Crippen molar-refractivity contribution in [2.24, 2.45) is 0 Å². The summed E-state index contributed by atoms with van der Waals surface area (Å²) in [6.07, 6.45) is 0. The Labute approximate surface area is 195 Å². The van der Waals surface area contributed by atoms with Gasteiger partial charge in [0.05, 0.1) is 11.0 Å². The second-order valence-corrected chi connectivity index (χ2v) is 8.84. The van der Waals surface area contributed by atoms with E-state index in [1.807, 2.05) is 0 Å². The van der Waals surface area contributed by atoms with E-state index in [-0.39, 0.29) is 0 Å². The van der Waals surface area contributed by atoms with Crippen LogP contribution in [0.25, 0.3) is 49.7 Å². The lowest BCUT2D eigenvalue weighted by molar-refractivity contribution is 1.18. The van der Waals surface area contributed by atoms with Gasteiger partial charge in [-0.2, -0.15) is 0 Å². The van der Waals surface area contributed by atoms with Crippen molar-refractivity contribution in [3.05, 3.63) is 126 Å². The van der Waals surface area contributed by atoms with E-state index in [4.69, 9.17) is 0 Å². The van der Waals surface area contributed by atoms with E-state index in [1.54, 1.807) is 0 Å². The SMILES string of the molecule is Brc1cccc2c1c1cc(-c3ccccc3)ccc1n2-c1cccc(-c2ccccc2)c1. The van der Waals surface area contributed by atoms with Gasteiger partial charge in [0.25, 0.3) is 0 Å². The zero-order chi connectivity index (χ0) is 21.5. The highest BCUT2D eigenvalue weighted by atomic mass is 79.9. The first-order chi connectivity index (χ1) is 15.8. The third-order valence-electron chi connectivity index (χ3n) is 6.06. The van der Waals surface area contributed by atoms with Crippen molar-refractivity contribution in [1.82, 2.24) is 4.57 Å². The number of benzene rings is 5. The Morgan fingerprint density at radius 2 is 1.09 bits per heavy atom. The Balaban J connectivity index is 1.63. The van der Waals surface area contributed by atoms with Gasteiger partial charge in [0.15, 0.2) is 0 Å². The summed E-state index contributed by atoms with van der Waals surface area (Å²) in [4.78, 5) is 0. The fourth-order valence-corrected chi connectivity index (χ4v) is 5.14. The molecule has 0 saturated carbocycles. The van der Waals surface area contributed by atoms with Crippen molar-refractivity contribution < 1.29 is 0 Å². The number of halogens is 1. The first-order valence-electron chi connectivity index (χ1n) is 10.7. The molecule has 6 aromatic rings. The molecule has 152 valence electrons. The van der Waals surface area contributed by atoms with Crippen LogP contribution < -0.4 is 0 Å². The molecule has 0 spiro atoms. The monoisotopic (exact) mass is 473 g/mol. The number of nitrogens with zero attached hydrogens (tertiary/aromatic N) is 1. The quantitative estimate of drug-likeness (QED) is 0.241. The molecular formula is C30H20BrN. The van der Waals surface area contributed by atoms with E-state index in [0.717, 1.165) is 10.2 Å². The molecule has 6 rings (SSSR count). The number of fused-ring (bicyclic) bond motifs is 3. The van der Waals surface area contributed by atoms with Crippen LogP contribution in [-0.4, -0.2) is 4.57 Å². The molecule has 2 heteroatoms. The summed E-state index contributed by atoms with van der Waals surface area (Å²) in [5, 5.41) is 2.49. The van der Waals surface area contributed by atoms with Gasteiger partial charge in [0.2, 0.25) is 0 Å². The summed E-state index contributed by atoms with van der Waals surface area (Å²) in [5.41, 5.74) is 8.47. The van der Waals surface area contributed by atoms with Gasteiger partial charge in [-0.1, -0.05) is 101 Å². The predicted molar refractivity (Wildman–Crippen MR) is 139 cm³/mol. The Morgan fingerprint density at radius 3 is 1.81 bits per heavy atom. The molecule has 0 bridgehead atoms. The summed E-state index contributed by atoms with van der Waals surface area (Å²) < 4.78 is 3.49. The van der Waals surface area contributed by atoms with Crippen LogP contribution in [0.3, 0.4) is 0 Å². The highest BCUT2D eigenvalue weighted by Crippen LogP contribution is 2.38. The van der Waals surface area contributed by atoms with Crippen LogP contribution in [0.15, 0.2) is 126 Å². The first kappa shape index (κ1) is 19.1. The standard InChI is InChI=1S/C30H20BrN/c31-27-15-8-16-29-30(27)26-20-24(22-11-5-2-6-12-22)17-18-28(26)32(29)25-14-7-13-23(19-25)21-9-3-1-4-10-21/h1-20H. The van der Waals surface area contributed by atoms with Gasteiger partial charge in [0.1, 0.15) is 0 Å². The number of rotatable bonds is 3. The van der Waals surface area contributed by atoms with Crippen LogP contribution in [0.4, 0.5) is 0 Å². The van der Waals surface area contributed by atoms with Crippen LogP contribution >= 0.6 is 15.9 Å². The van der Waals surface area contributed by atoms with Gasteiger partial charge in [-0.15, -0.1) is 0 Å². The molecule has 0 aliphatic heterocycles. The third kappa shape index (κ3) is 3.16. The van der Waals surface area contributed by atoms with Gasteiger partial charge in [0, 0.05) is 20.9 Å². The maximum Gasteiger partial charge on any atom is 0.0552 e. The zero-order valence-corrected chi connectivity index (χ0v) is 19.0. The minimum atomic E-state index is 1.11. The van der Waals surface area contributed by atoms with Gasteiger partial charge in [-0.3, -0.25) is 0 Å². The fourth-order valence-electron chi connectivity index (χ4n) is 4.57. The molecular weight excluding hydrogens is 454 g/mol. The maximum atomic E-state index is 3.82. The minimum absolute atomic E-state index is 1.11. The van der Waals surface area contributed by atoms with Crippen LogP contribution in [0.5, 0.6) is 0 Å². The van der Waals surface area contributed by atoms with Gasteiger partial charge in [-0.05, 0) is 58.7 Å². The van der Waals surface area contributed by atoms with Crippen LogP contribution in [0.1, 0.15) is 0 Å². The highest BCUT2D eigenvalue weighted by molar-refractivity contribution is 9.10. The summed E-state index contributed by atoms with van der Waals surface area (Å²) >= 11 is 3.82. The van der Waals surface area contributed by atoms with E-state index in [0.29, 0.717) is 0 Å². The smallest absolute Gasteiger partial charge is 0.0552 e. The Hall–Kier alpha value is -3.62. The summed E-state index contributed by atoms with van der Waals surface area (Å²) in [6.45, 7) is 0. The zero-order valence-electron chi connectivity index (χ0n) is 17.4. The molecule has 1 heterocycles. The summed E-state index contributed by atoms with van der Waals surface area (Å²) in [7, 11) is 0. The third-order valence-corrected chi connectivity index (χ3v) is 6.72. The largest absolute Gasteiger partial charge is 0.309 e. The molecule has 1 aromatic heterocycles. The van der Waals surface area contributed by atoms with E-state index >= 15 is 0 Å². The molecule has 0 atom stereocenters. The number of hydrogen-bond acceptors (Lipinski definition) is 0. The average Bonchev–Trinajstić information content (AvgIpc) is 3.20. The molecule has 0 radical (unpaired) electrons. The van der Waals surface area contributed by atoms with E-state index in [2.05, 4.69) is 142 Å². The molecule has 0 aliphatic rings. The van der Waals surface area contributed by atoms with Crippen molar-refractivity contribution in [2.75, 3.05) is 0 Å². The molecule has 32 heavy (non-hydrogen) atoms. The predicted octanol–water partition coefficient (Wildman–Crippen LogP) is 8.88. The van der Waals surface area contributed by atoms with Crippen molar-refractivity contribution in [3.63, 3.8) is 0 Å². The lowest BCUT2D eigenvalue weighted by atomic mass is 10.0. The molecule has 5 aromatic carbocycles. The normalized spacial score (nSPS) is 11.3. The van der Waals surface area contributed by atoms with Crippen molar-refractivity contribution >= 4 is 37.7 Å². The van der Waals surface area contributed by atoms with Crippen LogP contribution in [0.2, 0.25) is 0 Å². The molecule has 1 nitrogen and oxygen atoms in total. The Morgan fingerprint density at radius 1 is 0.469 bits per heavy atom. The first-order valence-corrected chi connectivity index (χ1v) is 11.5. The highest BCUT2D eigenvalue weighted by Gasteiger charge is 2.15. The maximum absolute atomic E-state index is 3.82. The summed E-state index contributed by atoms with van der Waals surface area (Å²) in [5.74, 6) is 0. The van der Waals surface area contributed by atoms with Crippen molar-refractivity contribution in [3.8, 4) is 27.9 Å². The van der Waals surface area contributed by atoms with Crippen molar-refractivity contribution in [2.45, 2.75) is 0 Å². The molecule has 0 saturated heterocycles. The van der Waals surface area contributed by atoms with Crippen LogP contribution in [0, 0.1) is 0 Å². The van der Waals surface area contributed by atoms with E-state index in [1.165, 1.54) is 44.1 Å². The van der Waals surface area contributed by atoms with Gasteiger partial charge >= 0.3 is 0 Å². The average molecular weight is 474 g/mol. The Kier molecular flexibility index (Phi) is 4.66. The Bertz CT molecular complexity index is 1560. The molecule has 0 amide bonds. The van der Waals surface area contributed by atoms with Gasteiger partial charge < -0.3 is 4.57 Å².